The Hall–Kier alpha value is -3.04. The minimum atomic E-state index is -1.19. The van der Waals surface area contributed by atoms with E-state index in [0.29, 0.717) is 18.6 Å². The highest BCUT2D eigenvalue weighted by atomic mass is 16.5. The Morgan fingerprint density at radius 1 is 1.08 bits per heavy atom. The SMILES string of the molecule is C=CCC(c1ccccc1)C(C#N)(C#N)Cc1ccccc1OC. The van der Waals surface area contributed by atoms with Crippen LogP contribution in [0.25, 0.3) is 0 Å². The van der Waals surface area contributed by atoms with Gasteiger partial charge >= 0.3 is 0 Å². The van der Waals surface area contributed by atoms with Gasteiger partial charge in [0.2, 0.25) is 0 Å². The van der Waals surface area contributed by atoms with E-state index >= 15 is 0 Å². The zero-order valence-electron chi connectivity index (χ0n) is 13.8. The molecule has 0 aliphatic heterocycles. The molecule has 0 fully saturated rings. The van der Waals surface area contributed by atoms with Crippen LogP contribution in [0.15, 0.2) is 67.3 Å². The van der Waals surface area contributed by atoms with E-state index in [4.69, 9.17) is 4.74 Å². The summed E-state index contributed by atoms with van der Waals surface area (Å²) < 4.78 is 5.39. The minimum absolute atomic E-state index is 0.254. The second-order valence-electron chi connectivity index (χ2n) is 5.67. The van der Waals surface area contributed by atoms with Crippen LogP contribution in [0.2, 0.25) is 0 Å². The van der Waals surface area contributed by atoms with E-state index in [0.717, 1.165) is 11.1 Å². The second-order valence-corrected chi connectivity index (χ2v) is 5.67. The monoisotopic (exact) mass is 316 g/mol. The Morgan fingerprint density at radius 3 is 2.29 bits per heavy atom. The van der Waals surface area contributed by atoms with Gasteiger partial charge in [0.05, 0.1) is 19.2 Å². The van der Waals surface area contributed by atoms with Crippen molar-refractivity contribution in [1.29, 1.82) is 10.5 Å². The number of hydrogen-bond acceptors (Lipinski definition) is 3. The number of ether oxygens (including phenoxy) is 1. The largest absolute Gasteiger partial charge is 0.496 e. The molecule has 2 aromatic carbocycles. The molecule has 0 heterocycles. The van der Waals surface area contributed by atoms with Gasteiger partial charge in [-0.1, -0.05) is 54.6 Å². The Morgan fingerprint density at radius 2 is 1.71 bits per heavy atom. The molecule has 0 spiro atoms. The number of methoxy groups -OCH3 is 1. The van der Waals surface area contributed by atoms with Gasteiger partial charge in [-0.15, -0.1) is 6.58 Å². The molecule has 0 saturated heterocycles. The topological polar surface area (TPSA) is 56.8 Å². The van der Waals surface area contributed by atoms with E-state index in [2.05, 4.69) is 18.7 Å². The lowest BCUT2D eigenvalue weighted by molar-refractivity contribution is 0.381. The van der Waals surface area contributed by atoms with E-state index < -0.39 is 5.41 Å². The van der Waals surface area contributed by atoms with E-state index in [1.54, 1.807) is 13.2 Å². The molecule has 24 heavy (non-hydrogen) atoms. The molecular formula is C21H20N2O. The number of rotatable bonds is 7. The molecule has 0 aliphatic rings. The number of nitrogens with zero attached hydrogens (tertiary/aromatic N) is 2. The number of hydrogen-bond donors (Lipinski definition) is 0. The fourth-order valence-corrected chi connectivity index (χ4v) is 3.01. The fourth-order valence-electron chi connectivity index (χ4n) is 3.01. The predicted octanol–water partition coefficient (Wildman–Crippen LogP) is 4.63. The molecule has 3 heteroatoms. The van der Waals surface area contributed by atoms with E-state index in [-0.39, 0.29) is 5.92 Å². The van der Waals surface area contributed by atoms with Gasteiger partial charge in [-0.2, -0.15) is 10.5 Å². The second kappa shape index (κ2) is 7.99. The van der Waals surface area contributed by atoms with Gasteiger partial charge in [-0.05, 0) is 23.6 Å². The summed E-state index contributed by atoms with van der Waals surface area (Å²) >= 11 is 0. The average molecular weight is 316 g/mol. The van der Waals surface area contributed by atoms with Crippen LogP contribution in [-0.4, -0.2) is 7.11 Å². The molecule has 3 nitrogen and oxygen atoms in total. The highest BCUT2D eigenvalue weighted by molar-refractivity contribution is 5.40. The van der Waals surface area contributed by atoms with Gasteiger partial charge in [0, 0.05) is 12.3 Å². The van der Waals surface area contributed by atoms with Crippen molar-refractivity contribution in [2.24, 2.45) is 5.41 Å². The molecule has 2 rings (SSSR count). The van der Waals surface area contributed by atoms with Crippen LogP contribution < -0.4 is 4.74 Å². The van der Waals surface area contributed by atoms with E-state index in [9.17, 15) is 10.5 Å². The van der Waals surface area contributed by atoms with Crippen LogP contribution in [0.5, 0.6) is 5.75 Å². The molecule has 0 N–H and O–H groups in total. The van der Waals surface area contributed by atoms with Gasteiger partial charge in [0.25, 0.3) is 0 Å². The summed E-state index contributed by atoms with van der Waals surface area (Å²) in [5.41, 5.74) is 0.632. The maximum absolute atomic E-state index is 9.91. The first-order valence-electron chi connectivity index (χ1n) is 7.81. The first kappa shape index (κ1) is 17.3. The molecule has 0 saturated carbocycles. The summed E-state index contributed by atoms with van der Waals surface area (Å²) in [5, 5.41) is 19.8. The van der Waals surface area contributed by atoms with Gasteiger partial charge < -0.3 is 4.74 Å². The molecule has 1 atom stereocenters. The van der Waals surface area contributed by atoms with Crippen molar-refractivity contribution in [3.05, 3.63) is 78.4 Å². The summed E-state index contributed by atoms with van der Waals surface area (Å²) in [6, 6.07) is 21.8. The average Bonchev–Trinajstić information content (AvgIpc) is 2.65. The normalized spacial score (nSPS) is 11.8. The Balaban J connectivity index is 2.51. The molecule has 0 aliphatic carbocycles. The highest BCUT2D eigenvalue weighted by Crippen LogP contribution is 2.42. The van der Waals surface area contributed by atoms with Crippen LogP contribution in [0.3, 0.4) is 0 Å². The van der Waals surface area contributed by atoms with Crippen molar-refractivity contribution in [3.63, 3.8) is 0 Å². The quantitative estimate of drug-likeness (QED) is 0.700. The first-order chi connectivity index (χ1) is 11.7. The van der Waals surface area contributed by atoms with Gasteiger partial charge in [0.1, 0.15) is 5.75 Å². The zero-order chi connectivity index (χ0) is 17.4. The molecule has 120 valence electrons. The summed E-state index contributed by atoms with van der Waals surface area (Å²) in [6.45, 7) is 3.81. The zero-order valence-corrected chi connectivity index (χ0v) is 13.8. The van der Waals surface area contributed by atoms with E-state index in [1.807, 2.05) is 54.6 Å². The van der Waals surface area contributed by atoms with Crippen LogP contribution in [-0.2, 0) is 6.42 Å². The van der Waals surface area contributed by atoms with Crippen LogP contribution >= 0.6 is 0 Å². The van der Waals surface area contributed by atoms with Crippen LogP contribution in [0, 0.1) is 28.1 Å². The molecule has 0 radical (unpaired) electrons. The maximum atomic E-state index is 9.91. The summed E-state index contributed by atoms with van der Waals surface area (Å²) in [7, 11) is 1.59. The highest BCUT2D eigenvalue weighted by Gasteiger charge is 2.40. The van der Waals surface area contributed by atoms with Crippen molar-refractivity contribution in [2.45, 2.75) is 18.8 Å². The van der Waals surface area contributed by atoms with Crippen LogP contribution in [0.1, 0.15) is 23.5 Å². The molecule has 0 amide bonds. The standard InChI is InChI=1S/C21H20N2O/c1-3-9-19(17-10-5-4-6-11-17)21(15-22,16-23)14-18-12-7-8-13-20(18)24-2/h3-8,10-13,19H,1,9,14H2,2H3. The maximum Gasteiger partial charge on any atom is 0.155 e. The van der Waals surface area contributed by atoms with Crippen molar-refractivity contribution in [1.82, 2.24) is 0 Å². The lowest BCUT2D eigenvalue weighted by Gasteiger charge is -2.29. The number of allylic oxidation sites excluding steroid dienone is 1. The lowest BCUT2D eigenvalue weighted by atomic mass is 9.69. The summed E-state index contributed by atoms with van der Waals surface area (Å²) in [4.78, 5) is 0. The van der Waals surface area contributed by atoms with Crippen molar-refractivity contribution < 1.29 is 4.74 Å². The summed E-state index contributed by atoms with van der Waals surface area (Å²) in [5.74, 6) is 0.439. The first-order valence-corrected chi connectivity index (χ1v) is 7.81. The van der Waals surface area contributed by atoms with Crippen molar-refractivity contribution in [3.8, 4) is 17.9 Å². The van der Waals surface area contributed by atoms with Crippen LogP contribution in [0.4, 0.5) is 0 Å². The molecular weight excluding hydrogens is 296 g/mol. The third kappa shape index (κ3) is 3.47. The lowest BCUT2D eigenvalue weighted by Crippen LogP contribution is -2.28. The predicted molar refractivity (Wildman–Crippen MR) is 94.4 cm³/mol. The summed E-state index contributed by atoms with van der Waals surface area (Å²) in [6.07, 6.45) is 2.63. The minimum Gasteiger partial charge on any atom is -0.496 e. The Bertz CT molecular complexity index is 754. The van der Waals surface area contributed by atoms with Gasteiger partial charge in [0.15, 0.2) is 5.41 Å². The molecule has 0 aromatic heterocycles. The molecule has 0 bridgehead atoms. The Kier molecular flexibility index (Phi) is 5.77. The molecule has 2 aromatic rings. The molecule has 1 unspecified atom stereocenters. The van der Waals surface area contributed by atoms with Crippen molar-refractivity contribution in [2.75, 3.05) is 7.11 Å². The third-order valence-corrected chi connectivity index (χ3v) is 4.26. The number of benzene rings is 2. The van der Waals surface area contributed by atoms with E-state index in [1.165, 1.54) is 0 Å². The van der Waals surface area contributed by atoms with Gasteiger partial charge in [-0.3, -0.25) is 0 Å². The number of nitriles is 2. The fraction of sp³-hybridized carbons (Fsp3) is 0.238. The smallest absolute Gasteiger partial charge is 0.155 e. The number of para-hydroxylation sites is 1. The van der Waals surface area contributed by atoms with Gasteiger partial charge in [-0.25, -0.2) is 0 Å². The Labute approximate surface area is 143 Å². The van der Waals surface area contributed by atoms with Crippen molar-refractivity contribution >= 4 is 0 Å². The third-order valence-electron chi connectivity index (χ3n) is 4.26.